The minimum atomic E-state index is -0.00916. The van der Waals surface area contributed by atoms with Gasteiger partial charge >= 0.3 is 0 Å². The number of rotatable bonds is 3. The second-order valence-electron chi connectivity index (χ2n) is 4.44. The Kier molecular flexibility index (Phi) is 3.76. The van der Waals surface area contributed by atoms with Crippen molar-refractivity contribution in [1.82, 2.24) is 4.90 Å². The van der Waals surface area contributed by atoms with E-state index >= 15 is 0 Å². The maximum Gasteiger partial charge on any atom is 0.253 e. The molecule has 1 unspecified atom stereocenters. The zero-order valence-electron chi connectivity index (χ0n) is 9.67. The Morgan fingerprint density at radius 1 is 1.29 bits per heavy atom. The first-order valence-electron chi connectivity index (χ1n) is 5.84. The van der Waals surface area contributed by atoms with Gasteiger partial charge in [-0.05, 0) is 24.1 Å². The molecule has 1 heterocycles. The highest BCUT2D eigenvalue weighted by Gasteiger charge is 2.26. The Labute approximate surface area is 100 Å². The van der Waals surface area contributed by atoms with E-state index < -0.39 is 0 Å². The van der Waals surface area contributed by atoms with E-state index in [-0.39, 0.29) is 25.0 Å². The second kappa shape index (κ2) is 5.29. The third-order valence-electron chi connectivity index (χ3n) is 3.21. The van der Waals surface area contributed by atoms with Gasteiger partial charge in [0.25, 0.3) is 5.91 Å². The van der Waals surface area contributed by atoms with Crippen molar-refractivity contribution in [1.29, 1.82) is 0 Å². The minimum absolute atomic E-state index is 0.00504. The maximum atomic E-state index is 12.1. The summed E-state index contributed by atoms with van der Waals surface area (Å²) < 4.78 is 0. The Hall–Kier alpha value is -1.39. The molecule has 0 radical (unpaired) electrons. The van der Waals surface area contributed by atoms with Crippen molar-refractivity contribution in [3.05, 3.63) is 35.4 Å². The van der Waals surface area contributed by atoms with E-state index in [1.165, 1.54) is 0 Å². The van der Waals surface area contributed by atoms with Crippen LogP contribution in [0.3, 0.4) is 0 Å². The molecule has 1 fully saturated rings. The van der Waals surface area contributed by atoms with Crippen LogP contribution in [0.1, 0.15) is 22.3 Å². The Morgan fingerprint density at radius 2 is 2.00 bits per heavy atom. The van der Waals surface area contributed by atoms with Gasteiger partial charge in [0.1, 0.15) is 0 Å². The van der Waals surface area contributed by atoms with Crippen LogP contribution < -0.4 is 0 Å². The lowest BCUT2D eigenvalue weighted by Gasteiger charge is -2.16. The van der Waals surface area contributed by atoms with Gasteiger partial charge in [-0.3, -0.25) is 4.79 Å². The van der Waals surface area contributed by atoms with Crippen molar-refractivity contribution >= 4 is 5.91 Å². The number of carbonyl (C=O) groups is 1. The quantitative estimate of drug-likeness (QED) is 0.808. The molecule has 1 saturated heterocycles. The van der Waals surface area contributed by atoms with E-state index in [2.05, 4.69) is 0 Å². The van der Waals surface area contributed by atoms with Crippen molar-refractivity contribution in [2.45, 2.75) is 13.0 Å². The molecule has 0 aromatic heterocycles. The van der Waals surface area contributed by atoms with Crippen molar-refractivity contribution < 1.29 is 15.0 Å². The summed E-state index contributed by atoms with van der Waals surface area (Å²) in [5.74, 6) is 0.223. The van der Waals surface area contributed by atoms with Crippen LogP contribution in [0.4, 0.5) is 0 Å². The average molecular weight is 235 g/mol. The summed E-state index contributed by atoms with van der Waals surface area (Å²) in [4.78, 5) is 13.9. The molecule has 1 atom stereocenters. The fourth-order valence-electron chi connectivity index (χ4n) is 2.10. The molecule has 4 heteroatoms. The number of likely N-dealkylation sites (tertiary alicyclic amines) is 1. The van der Waals surface area contributed by atoms with Gasteiger partial charge in [0.15, 0.2) is 0 Å². The van der Waals surface area contributed by atoms with Crippen LogP contribution in [-0.2, 0) is 6.61 Å². The largest absolute Gasteiger partial charge is 0.396 e. The third kappa shape index (κ3) is 2.65. The number of benzene rings is 1. The number of aliphatic hydroxyl groups is 2. The van der Waals surface area contributed by atoms with Gasteiger partial charge in [-0.25, -0.2) is 0 Å². The van der Waals surface area contributed by atoms with Crippen LogP contribution in [-0.4, -0.2) is 40.7 Å². The highest BCUT2D eigenvalue weighted by molar-refractivity contribution is 5.94. The van der Waals surface area contributed by atoms with Gasteiger partial charge in [0, 0.05) is 31.2 Å². The molecule has 0 saturated carbocycles. The number of nitrogens with zero attached hydrogens (tertiary/aromatic N) is 1. The molecule has 0 spiro atoms. The summed E-state index contributed by atoms with van der Waals surface area (Å²) in [5.41, 5.74) is 1.44. The number of hydrogen-bond acceptors (Lipinski definition) is 3. The van der Waals surface area contributed by atoms with E-state index in [4.69, 9.17) is 10.2 Å². The van der Waals surface area contributed by atoms with E-state index in [9.17, 15) is 4.79 Å². The molecule has 1 aromatic rings. The van der Waals surface area contributed by atoms with E-state index in [1.807, 2.05) is 0 Å². The van der Waals surface area contributed by atoms with Gasteiger partial charge < -0.3 is 15.1 Å². The summed E-state index contributed by atoms with van der Waals surface area (Å²) in [6, 6.07) is 6.99. The summed E-state index contributed by atoms with van der Waals surface area (Å²) in [6.07, 6.45) is 0.872. The molecule has 1 aromatic carbocycles. The fraction of sp³-hybridized carbons (Fsp3) is 0.462. The van der Waals surface area contributed by atoms with Crippen LogP contribution in [0.2, 0.25) is 0 Å². The first kappa shape index (κ1) is 12.1. The smallest absolute Gasteiger partial charge is 0.253 e. The highest BCUT2D eigenvalue weighted by atomic mass is 16.3. The predicted octanol–water partition coefficient (Wildman–Crippen LogP) is 0.633. The number of hydrogen-bond donors (Lipinski definition) is 2. The predicted molar refractivity (Wildman–Crippen MR) is 63.5 cm³/mol. The highest BCUT2D eigenvalue weighted by Crippen LogP contribution is 2.18. The Morgan fingerprint density at radius 3 is 2.53 bits per heavy atom. The molecule has 2 rings (SSSR count). The molecule has 92 valence electrons. The molecule has 2 N–H and O–H groups in total. The lowest BCUT2D eigenvalue weighted by molar-refractivity contribution is 0.0782. The van der Waals surface area contributed by atoms with Crippen molar-refractivity contribution in [3.8, 4) is 0 Å². The van der Waals surface area contributed by atoms with Gasteiger partial charge in [-0.1, -0.05) is 12.1 Å². The lowest BCUT2D eigenvalue weighted by Crippen LogP contribution is -2.29. The third-order valence-corrected chi connectivity index (χ3v) is 3.21. The van der Waals surface area contributed by atoms with Crippen LogP contribution >= 0.6 is 0 Å². The van der Waals surface area contributed by atoms with Gasteiger partial charge in [-0.2, -0.15) is 0 Å². The standard InChI is InChI=1S/C13H17NO3/c15-8-10-1-3-12(4-2-10)13(17)14-6-5-11(7-14)9-16/h1-4,11,15-16H,5-9H2. The molecule has 4 nitrogen and oxygen atoms in total. The first-order chi connectivity index (χ1) is 8.24. The van der Waals surface area contributed by atoms with Crippen molar-refractivity contribution in [3.63, 3.8) is 0 Å². The molecule has 1 aliphatic heterocycles. The maximum absolute atomic E-state index is 12.1. The number of amides is 1. The Bertz CT molecular complexity index is 388. The van der Waals surface area contributed by atoms with Gasteiger partial charge in [-0.15, -0.1) is 0 Å². The Balaban J connectivity index is 2.04. The van der Waals surface area contributed by atoms with Gasteiger partial charge in [0.05, 0.1) is 6.61 Å². The lowest BCUT2D eigenvalue weighted by atomic mass is 10.1. The van der Waals surface area contributed by atoms with E-state index in [0.29, 0.717) is 18.7 Å². The molecular formula is C13H17NO3. The summed E-state index contributed by atoms with van der Waals surface area (Å²) in [6.45, 7) is 1.49. The van der Waals surface area contributed by atoms with E-state index in [0.717, 1.165) is 12.0 Å². The zero-order valence-corrected chi connectivity index (χ0v) is 9.67. The average Bonchev–Trinajstić information content (AvgIpc) is 2.87. The zero-order chi connectivity index (χ0) is 12.3. The molecule has 17 heavy (non-hydrogen) atoms. The van der Waals surface area contributed by atoms with Crippen LogP contribution in [0.25, 0.3) is 0 Å². The van der Waals surface area contributed by atoms with Gasteiger partial charge in [0.2, 0.25) is 0 Å². The van der Waals surface area contributed by atoms with Crippen LogP contribution in [0.5, 0.6) is 0 Å². The SMILES string of the molecule is O=C(c1ccc(CO)cc1)N1CCC(CO)C1. The van der Waals surface area contributed by atoms with Crippen molar-refractivity contribution in [2.75, 3.05) is 19.7 Å². The monoisotopic (exact) mass is 235 g/mol. The second-order valence-corrected chi connectivity index (χ2v) is 4.44. The summed E-state index contributed by atoms with van der Waals surface area (Å²) >= 11 is 0. The van der Waals surface area contributed by atoms with E-state index in [1.54, 1.807) is 29.2 Å². The molecular weight excluding hydrogens is 218 g/mol. The summed E-state index contributed by atoms with van der Waals surface area (Å²) in [5, 5.41) is 18.0. The fourth-order valence-corrected chi connectivity index (χ4v) is 2.10. The van der Waals surface area contributed by atoms with Crippen molar-refractivity contribution in [2.24, 2.45) is 5.92 Å². The number of carbonyl (C=O) groups excluding carboxylic acids is 1. The normalized spacial score (nSPS) is 19.6. The molecule has 0 aliphatic carbocycles. The first-order valence-corrected chi connectivity index (χ1v) is 5.84. The minimum Gasteiger partial charge on any atom is -0.396 e. The molecule has 1 aliphatic rings. The topological polar surface area (TPSA) is 60.8 Å². The summed E-state index contributed by atoms with van der Waals surface area (Å²) in [7, 11) is 0. The molecule has 0 bridgehead atoms. The number of aliphatic hydroxyl groups excluding tert-OH is 2. The molecule has 1 amide bonds. The van der Waals surface area contributed by atoms with Crippen LogP contribution in [0.15, 0.2) is 24.3 Å². The van der Waals surface area contributed by atoms with Crippen LogP contribution in [0, 0.1) is 5.92 Å².